The third-order valence-electron chi connectivity index (χ3n) is 6.46. The molecule has 2 aromatic carbocycles. The molecule has 10 nitrogen and oxygen atoms in total. The number of carbonyl (C=O) groups excluding carboxylic acids is 1. The van der Waals surface area contributed by atoms with Crippen LogP contribution < -0.4 is 4.72 Å². The number of amides is 1. The summed E-state index contributed by atoms with van der Waals surface area (Å²) in [5.74, 6) is -0.715. The summed E-state index contributed by atoms with van der Waals surface area (Å²) in [5, 5.41) is 17.3. The SMILES string of the molecule is CCCCc1nn(CC(F)(F)F)c(C(=O)NS(=O)(=O)C(C)C)c1Cc1ccc(-c2ccccc2-c2nn[nH]n2)cc1. The van der Waals surface area contributed by atoms with Gasteiger partial charge in [0.2, 0.25) is 15.8 Å². The number of sulfonamides is 1. The summed E-state index contributed by atoms with van der Waals surface area (Å²) in [4.78, 5) is 13.2. The number of aryl methyl sites for hydroxylation is 1. The van der Waals surface area contributed by atoms with Gasteiger partial charge < -0.3 is 0 Å². The number of nitrogens with zero attached hydrogens (tertiary/aromatic N) is 5. The van der Waals surface area contributed by atoms with Crippen molar-refractivity contribution in [2.45, 2.75) is 64.4 Å². The highest BCUT2D eigenvalue weighted by molar-refractivity contribution is 7.90. The number of aromatic nitrogens is 6. The highest BCUT2D eigenvalue weighted by Gasteiger charge is 2.34. The van der Waals surface area contributed by atoms with Gasteiger partial charge in [0.15, 0.2) is 0 Å². The van der Waals surface area contributed by atoms with E-state index in [-0.39, 0.29) is 12.0 Å². The molecule has 218 valence electrons. The topological polar surface area (TPSA) is 136 Å². The van der Waals surface area contributed by atoms with Crippen molar-refractivity contribution in [1.29, 1.82) is 0 Å². The monoisotopic (exact) mass is 589 g/mol. The lowest BCUT2D eigenvalue weighted by Gasteiger charge is -2.14. The summed E-state index contributed by atoms with van der Waals surface area (Å²) >= 11 is 0. The third-order valence-corrected chi connectivity index (χ3v) is 8.17. The number of halogens is 3. The second kappa shape index (κ2) is 12.2. The molecule has 0 saturated heterocycles. The fourth-order valence-corrected chi connectivity index (χ4v) is 4.92. The Morgan fingerprint density at radius 1 is 1.07 bits per heavy atom. The Morgan fingerprint density at radius 3 is 2.34 bits per heavy atom. The summed E-state index contributed by atoms with van der Waals surface area (Å²) in [6.07, 6.45) is -2.88. The molecule has 1 amide bonds. The number of unbranched alkanes of at least 4 members (excludes halogenated alkanes) is 1. The van der Waals surface area contributed by atoms with Crippen LogP contribution in [-0.2, 0) is 29.4 Å². The summed E-state index contributed by atoms with van der Waals surface area (Å²) < 4.78 is 67.8. The molecule has 0 atom stereocenters. The molecule has 2 heterocycles. The van der Waals surface area contributed by atoms with Gasteiger partial charge >= 0.3 is 6.18 Å². The molecule has 4 rings (SSSR count). The van der Waals surface area contributed by atoms with E-state index in [1.807, 2.05) is 48.0 Å². The van der Waals surface area contributed by atoms with E-state index >= 15 is 0 Å². The maximum Gasteiger partial charge on any atom is 0.408 e. The quantitative estimate of drug-likeness (QED) is 0.259. The van der Waals surface area contributed by atoms with E-state index in [1.165, 1.54) is 13.8 Å². The van der Waals surface area contributed by atoms with Crippen LogP contribution in [0.3, 0.4) is 0 Å². The largest absolute Gasteiger partial charge is 0.408 e. The lowest BCUT2D eigenvalue weighted by molar-refractivity contribution is -0.142. The summed E-state index contributed by atoms with van der Waals surface area (Å²) in [6, 6.07) is 14.8. The highest BCUT2D eigenvalue weighted by atomic mass is 32.2. The van der Waals surface area contributed by atoms with Crippen molar-refractivity contribution in [1.82, 2.24) is 35.1 Å². The van der Waals surface area contributed by atoms with Crippen molar-refractivity contribution in [3.05, 3.63) is 71.0 Å². The Balaban J connectivity index is 1.74. The fraction of sp³-hybridized carbons (Fsp3) is 0.370. The molecule has 2 aromatic heterocycles. The molecular formula is C27H30F3N7O3S. The predicted molar refractivity (Wildman–Crippen MR) is 146 cm³/mol. The molecule has 0 aliphatic heterocycles. The first kappa shape index (κ1) is 29.9. The number of alkyl halides is 3. The van der Waals surface area contributed by atoms with Crippen LogP contribution in [0.5, 0.6) is 0 Å². The lowest BCUT2D eigenvalue weighted by Crippen LogP contribution is -2.38. The molecule has 41 heavy (non-hydrogen) atoms. The van der Waals surface area contributed by atoms with Crippen molar-refractivity contribution in [3.8, 4) is 22.5 Å². The van der Waals surface area contributed by atoms with Crippen molar-refractivity contribution in [2.75, 3.05) is 0 Å². The van der Waals surface area contributed by atoms with Gasteiger partial charge in [-0.1, -0.05) is 61.9 Å². The van der Waals surface area contributed by atoms with Gasteiger partial charge in [-0.2, -0.15) is 23.5 Å². The van der Waals surface area contributed by atoms with E-state index in [4.69, 9.17) is 0 Å². The number of rotatable bonds is 11. The third kappa shape index (κ3) is 7.17. The van der Waals surface area contributed by atoms with Crippen LogP contribution in [0.1, 0.15) is 60.9 Å². The average molecular weight is 590 g/mol. The Labute approximate surface area is 235 Å². The fourth-order valence-electron chi connectivity index (χ4n) is 4.33. The van der Waals surface area contributed by atoms with E-state index in [9.17, 15) is 26.4 Å². The predicted octanol–water partition coefficient (Wildman–Crippen LogP) is 4.69. The Hall–Kier alpha value is -4.07. The number of tetrazole rings is 1. The van der Waals surface area contributed by atoms with Gasteiger partial charge in [-0.05, 0) is 48.6 Å². The zero-order valence-corrected chi connectivity index (χ0v) is 23.6. The summed E-state index contributed by atoms with van der Waals surface area (Å²) in [7, 11) is -4.10. The van der Waals surface area contributed by atoms with Crippen molar-refractivity contribution < 1.29 is 26.4 Å². The van der Waals surface area contributed by atoms with E-state index in [2.05, 4.69) is 25.7 Å². The zero-order chi connectivity index (χ0) is 29.8. The standard InChI is InChI=1S/C27H30F3N7O3S/c1-4-5-10-23-22(24(37(33-23)16-27(28,29)30)26(38)34-41(39,40)17(2)3)15-18-11-13-19(14-12-18)20-8-6-7-9-21(20)25-31-35-36-32-25/h6-9,11-14,17H,4-5,10,15-16H2,1-3H3,(H,34,38)(H,31,32,35,36). The average Bonchev–Trinajstić information content (AvgIpc) is 3.55. The van der Waals surface area contributed by atoms with Crippen molar-refractivity contribution >= 4 is 15.9 Å². The first-order valence-electron chi connectivity index (χ1n) is 13.0. The zero-order valence-electron chi connectivity index (χ0n) is 22.7. The Kier molecular flexibility index (Phi) is 8.90. The first-order valence-corrected chi connectivity index (χ1v) is 14.6. The van der Waals surface area contributed by atoms with Gasteiger partial charge in [-0.3, -0.25) is 9.48 Å². The van der Waals surface area contributed by atoms with Gasteiger partial charge in [0.05, 0.1) is 10.9 Å². The first-order chi connectivity index (χ1) is 19.4. The molecule has 0 aliphatic carbocycles. The van der Waals surface area contributed by atoms with Gasteiger partial charge in [0.25, 0.3) is 5.91 Å². The molecule has 14 heteroatoms. The molecular weight excluding hydrogens is 559 g/mol. The molecule has 0 radical (unpaired) electrons. The van der Waals surface area contributed by atoms with Crippen molar-refractivity contribution in [2.24, 2.45) is 0 Å². The van der Waals surface area contributed by atoms with Gasteiger partial charge in [0.1, 0.15) is 12.2 Å². The van der Waals surface area contributed by atoms with E-state index in [0.717, 1.165) is 23.1 Å². The Bertz CT molecular complexity index is 1600. The number of benzene rings is 2. The molecule has 0 bridgehead atoms. The Morgan fingerprint density at radius 2 is 1.76 bits per heavy atom. The van der Waals surface area contributed by atoms with Crippen LogP contribution in [0.2, 0.25) is 0 Å². The number of hydrogen-bond donors (Lipinski definition) is 2. The van der Waals surface area contributed by atoms with Gasteiger partial charge in [-0.25, -0.2) is 13.1 Å². The second-order valence-electron chi connectivity index (χ2n) is 9.83. The number of aromatic amines is 1. The molecule has 4 aromatic rings. The summed E-state index contributed by atoms with van der Waals surface area (Å²) in [6.45, 7) is 3.14. The highest BCUT2D eigenvalue weighted by Crippen LogP contribution is 2.31. The normalized spacial score (nSPS) is 12.2. The van der Waals surface area contributed by atoms with E-state index in [1.54, 1.807) is 12.1 Å². The smallest absolute Gasteiger partial charge is 0.266 e. The maximum absolute atomic E-state index is 13.5. The molecule has 0 aliphatic rings. The lowest BCUT2D eigenvalue weighted by atomic mass is 9.95. The van der Waals surface area contributed by atoms with E-state index in [0.29, 0.717) is 34.6 Å². The van der Waals surface area contributed by atoms with Gasteiger partial charge in [-0.15, -0.1) is 10.2 Å². The number of nitrogens with one attached hydrogen (secondary N) is 2. The van der Waals surface area contributed by atoms with Crippen molar-refractivity contribution in [3.63, 3.8) is 0 Å². The molecule has 0 spiro atoms. The minimum atomic E-state index is -4.68. The molecule has 2 N–H and O–H groups in total. The van der Waals surface area contributed by atoms with Crippen LogP contribution in [0.25, 0.3) is 22.5 Å². The molecule has 0 saturated carbocycles. The van der Waals surface area contributed by atoms with Crippen LogP contribution in [0, 0.1) is 0 Å². The molecule has 0 fully saturated rings. The van der Waals surface area contributed by atoms with E-state index < -0.39 is 39.6 Å². The second-order valence-corrected chi connectivity index (χ2v) is 12.1. The van der Waals surface area contributed by atoms with Crippen LogP contribution in [-0.4, -0.2) is 56.2 Å². The van der Waals surface area contributed by atoms with Crippen LogP contribution in [0.4, 0.5) is 13.2 Å². The maximum atomic E-state index is 13.5. The van der Waals surface area contributed by atoms with Crippen LogP contribution in [0.15, 0.2) is 48.5 Å². The minimum absolute atomic E-state index is 0.0775. The molecule has 0 unspecified atom stereocenters. The number of carbonyl (C=O) groups is 1. The summed E-state index contributed by atoms with van der Waals surface area (Å²) in [5.41, 5.74) is 3.33. The minimum Gasteiger partial charge on any atom is -0.266 e. The number of hydrogen-bond acceptors (Lipinski definition) is 7. The van der Waals surface area contributed by atoms with Gasteiger partial charge in [0, 0.05) is 17.5 Å². The number of H-pyrrole nitrogens is 1. The van der Waals surface area contributed by atoms with Crippen LogP contribution >= 0.6 is 0 Å².